The number of nitrogens with one attached hydrogen (secondary N) is 1. The highest BCUT2D eigenvalue weighted by molar-refractivity contribution is 6.04. The predicted molar refractivity (Wildman–Crippen MR) is 113 cm³/mol. The summed E-state index contributed by atoms with van der Waals surface area (Å²) < 4.78 is 1.40. The summed E-state index contributed by atoms with van der Waals surface area (Å²) >= 11 is 0. The van der Waals surface area contributed by atoms with Gasteiger partial charge in [-0.05, 0) is 52.8 Å². The molecule has 1 fully saturated rings. The van der Waals surface area contributed by atoms with Gasteiger partial charge in [-0.25, -0.2) is 4.68 Å². The van der Waals surface area contributed by atoms with Crippen molar-refractivity contribution in [1.29, 1.82) is 0 Å². The fourth-order valence-corrected chi connectivity index (χ4v) is 4.04. The fourth-order valence-electron chi connectivity index (χ4n) is 4.04. The average molecular weight is 385 g/mol. The van der Waals surface area contributed by atoms with Gasteiger partial charge in [-0.2, -0.15) is 5.10 Å². The van der Waals surface area contributed by atoms with Crippen molar-refractivity contribution in [2.75, 3.05) is 20.1 Å². The second-order valence-electron chi connectivity index (χ2n) is 8.12. The number of hydrogen-bond acceptors (Lipinski definition) is 4. The third-order valence-corrected chi connectivity index (χ3v) is 5.70. The molecule has 0 spiro atoms. The van der Waals surface area contributed by atoms with Crippen molar-refractivity contribution in [2.24, 2.45) is 0 Å². The molecule has 6 heteroatoms. The van der Waals surface area contributed by atoms with Gasteiger partial charge in [0.15, 0.2) is 5.69 Å². The van der Waals surface area contributed by atoms with Gasteiger partial charge >= 0.3 is 0 Å². The summed E-state index contributed by atoms with van der Waals surface area (Å²) in [6, 6.07) is 7.78. The van der Waals surface area contributed by atoms with Gasteiger partial charge in [0.1, 0.15) is 0 Å². The zero-order valence-electron chi connectivity index (χ0n) is 17.3. The minimum Gasteiger partial charge on any atom is -0.351 e. The van der Waals surface area contributed by atoms with E-state index in [2.05, 4.69) is 22.4 Å². The lowest BCUT2D eigenvalue weighted by atomic mass is 9.94. The molecule has 0 aliphatic heterocycles. The summed E-state index contributed by atoms with van der Waals surface area (Å²) in [5.41, 5.74) is 0.167. The maximum atomic E-state index is 12.8. The van der Waals surface area contributed by atoms with Crippen LogP contribution in [0.2, 0.25) is 0 Å². The number of nitrogens with zero attached hydrogens (tertiary/aromatic N) is 3. The number of carbonyl (C=O) groups excluding carboxylic acids is 1. The number of fused-ring (bicyclic) bond motifs is 1. The van der Waals surface area contributed by atoms with E-state index in [4.69, 9.17) is 0 Å². The van der Waals surface area contributed by atoms with E-state index in [1.165, 1.54) is 36.8 Å². The first-order chi connectivity index (χ1) is 13.5. The summed E-state index contributed by atoms with van der Waals surface area (Å²) in [6.07, 6.45) is 7.50. The number of aromatic nitrogens is 2. The van der Waals surface area contributed by atoms with Crippen LogP contribution in [0.4, 0.5) is 0 Å². The van der Waals surface area contributed by atoms with E-state index in [9.17, 15) is 9.59 Å². The largest absolute Gasteiger partial charge is 0.351 e. The van der Waals surface area contributed by atoms with Crippen molar-refractivity contribution in [1.82, 2.24) is 20.0 Å². The third kappa shape index (κ3) is 4.61. The number of amides is 1. The first-order valence-electron chi connectivity index (χ1n) is 10.5. The molecule has 1 aliphatic carbocycles. The minimum absolute atomic E-state index is 0.104. The maximum absolute atomic E-state index is 12.8. The van der Waals surface area contributed by atoms with Gasteiger partial charge < -0.3 is 10.2 Å². The van der Waals surface area contributed by atoms with Crippen molar-refractivity contribution >= 4 is 16.7 Å². The number of carbonyl (C=O) groups is 1. The van der Waals surface area contributed by atoms with Gasteiger partial charge in [-0.15, -0.1) is 0 Å². The van der Waals surface area contributed by atoms with Gasteiger partial charge in [0, 0.05) is 18.0 Å². The van der Waals surface area contributed by atoms with Crippen LogP contribution in [0.5, 0.6) is 0 Å². The topological polar surface area (TPSA) is 67.2 Å². The quantitative estimate of drug-likeness (QED) is 0.744. The molecule has 1 heterocycles. The van der Waals surface area contributed by atoms with E-state index in [0.29, 0.717) is 29.1 Å². The van der Waals surface area contributed by atoms with E-state index < -0.39 is 0 Å². The summed E-state index contributed by atoms with van der Waals surface area (Å²) in [7, 11) is 2.19. The molecule has 1 amide bonds. The molecule has 1 aliphatic rings. The second-order valence-corrected chi connectivity index (χ2v) is 8.12. The molecule has 1 aromatic carbocycles. The molecule has 0 saturated heterocycles. The molecule has 1 saturated carbocycles. The highest BCUT2D eigenvalue weighted by atomic mass is 16.2. The number of hydrogen-bond donors (Lipinski definition) is 1. The van der Waals surface area contributed by atoms with Crippen LogP contribution in [0.1, 0.15) is 68.9 Å². The Kier molecular flexibility index (Phi) is 6.83. The van der Waals surface area contributed by atoms with Crippen LogP contribution in [0, 0.1) is 0 Å². The van der Waals surface area contributed by atoms with Crippen LogP contribution in [0.25, 0.3) is 10.8 Å². The van der Waals surface area contributed by atoms with E-state index in [-0.39, 0.29) is 17.5 Å². The highest BCUT2D eigenvalue weighted by Crippen LogP contribution is 2.21. The van der Waals surface area contributed by atoms with Crippen molar-refractivity contribution in [2.45, 2.75) is 64.5 Å². The Morgan fingerprint density at radius 1 is 1.21 bits per heavy atom. The van der Waals surface area contributed by atoms with Gasteiger partial charge in [0.25, 0.3) is 11.5 Å². The summed E-state index contributed by atoms with van der Waals surface area (Å²) in [5.74, 6) is -0.217. The smallest absolute Gasteiger partial charge is 0.274 e. The number of benzene rings is 1. The summed E-state index contributed by atoms with van der Waals surface area (Å²) in [5, 5.41) is 8.51. The van der Waals surface area contributed by atoms with Gasteiger partial charge in [-0.3, -0.25) is 9.59 Å². The van der Waals surface area contributed by atoms with Crippen LogP contribution >= 0.6 is 0 Å². The Morgan fingerprint density at radius 3 is 2.57 bits per heavy atom. The highest BCUT2D eigenvalue weighted by Gasteiger charge is 2.19. The minimum atomic E-state index is -0.217. The Hall–Kier alpha value is -2.21. The molecule has 2 aromatic rings. The van der Waals surface area contributed by atoms with Crippen LogP contribution in [0.15, 0.2) is 29.1 Å². The normalized spacial score (nSPS) is 15.5. The third-order valence-electron chi connectivity index (χ3n) is 5.70. The van der Waals surface area contributed by atoms with Crippen LogP contribution in [0.3, 0.4) is 0 Å². The molecule has 1 N–H and O–H groups in total. The zero-order valence-corrected chi connectivity index (χ0v) is 17.3. The maximum Gasteiger partial charge on any atom is 0.274 e. The molecule has 0 radical (unpaired) electrons. The molecule has 3 rings (SSSR count). The molecule has 152 valence electrons. The van der Waals surface area contributed by atoms with E-state index in [1.807, 2.05) is 26.0 Å². The van der Waals surface area contributed by atoms with Gasteiger partial charge in [0.2, 0.25) is 0 Å². The van der Waals surface area contributed by atoms with Gasteiger partial charge in [-0.1, -0.05) is 37.5 Å². The Bertz CT molecular complexity index is 868. The summed E-state index contributed by atoms with van der Waals surface area (Å²) in [6.45, 7) is 5.37. The monoisotopic (exact) mass is 384 g/mol. The Balaban J connectivity index is 1.65. The average Bonchev–Trinajstić information content (AvgIpc) is 2.71. The molecule has 0 atom stereocenters. The molecule has 0 bridgehead atoms. The SMILES string of the molecule is CC(C)n1nc(C(=O)NCCCN(C)C2CCCCC2)c2ccccc2c1=O. The second kappa shape index (κ2) is 9.32. The molecule has 6 nitrogen and oxygen atoms in total. The van der Waals surface area contributed by atoms with Crippen molar-refractivity contribution in [3.05, 3.63) is 40.3 Å². The predicted octanol–water partition coefficient (Wildman–Crippen LogP) is 3.36. The Morgan fingerprint density at radius 2 is 1.89 bits per heavy atom. The van der Waals surface area contributed by atoms with E-state index >= 15 is 0 Å². The van der Waals surface area contributed by atoms with Crippen LogP contribution in [-0.2, 0) is 0 Å². The van der Waals surface area contributed by atoms with Gasteiger partial charge in [0.05, 0.1) is 11.4 Å². The standard InChI is InChI=1S/C22H32N4O2/c1-16(2)26-22(28)19-13-8-7-12-18(19)20(24-26)21(27)23-14-9-15-25(3)17-10-5-4-6-11-17/h7-8,12-13,16-17H,4-6,9-11,14-15H2,1-3H3,(H,23,27). The molecule has 1 aromatic heterocycles. The lowest BCUT2D eigenvalue weighted by molar-refractivity contribution is 0.0944. The molecule has 0 unspecified atom stereocenters. The van der Waals surface area contributed by atoms with E-state index in [1.54, 1.807) is 12.1 Å². The van der Waals surface area contributed by atoms with Crippen molar-refractivity contribution in [3.8, 4) is 0 Å². The van der Waals surface area contributed by atoms with Crippen molar-refractivity contribution in [3.63, 3.8) is 0 Å². The molecular weight excluding hydrogens is 352 g/mol. The lowest BCUT2D eigenvalue weighted by Crippen LogP contribution is -2.36. The Labute approximate surface area is 166 Å². The fraction of sp³-hybridized carbons (Fsp3) is 0.591. The van der Waals surface area contributed by atoms with Crippen LogP contribution < -0.4 is 10.9 Å². The lowest BCUT2D eigenvalue weighted by Gasteiger charge is -2.31. The molecule has 28 heavy (non-hydrogen) atoms. The first-order valence-corrected chi connectivity index (χ1v) is 10.5. The number of rotatable bonds is 7. The van der Waals surface area contributed by atoms with Crippen molar-refractivity contribution < 1.29 is 4.79 Å². The summed E-state index contributed by atoms with van der Waals surface area (Å²) in [4.78, 5) is 27.8. The molecular formula is C22H32N4O2. The van der Waals surface area contributed by atoms with E-state index in [0.717, 1.165) is 13.0 Å². The van der Waals surface area contributed by atoms with Crippen LogP contribution in [-0.4, -0.2) is 46.8 Å². The zero-order chi connectivity index (χ0) is 20.1. The first kappa shape index (κ1) is 20.5.